The molecule has 0 aromatic heterocycles. The largest absolute Gasteiger partial charge is 0.303 e. The molecule has 2 aliphatic heterocycles. The average molecular weight is 325 g/mol. The van der Waals surface area contributed by atoms with Gasteiger partial charge in [-0.1, -0.05) is 54.9 Å². The van der Waals surface area contributed by atoms with Gasteiger partial charge in [0.15, 0.2) is 0 Å². The zero-order chi connectivity index (χ0) is 17.5. The monoisotopic (exact) mass is 324 g/mol. The van der Waals surface area contributed by atoms with Crippen molar-refractivity contribution in [3.05, 3.63) is 0 Å². The van der Waals surface area contributed by atoms with E-state index in [4.69, 9.17) is 0 Å². The molecule has 2 saturated heterocycles. The first-order valence-electron chi connectivity index (χ1n) is 10.3. The topological polar surface area (TPSA) is 6.48 Å². The Bertz CT molecular complexity index is 303. The van der Waals surface area contributed by atoms with E-state index >= 15 is 0 Å². The molecule has 1 unspecified atom stereocenters. The predicted molar refractivity (Wildman–Crippen MR) is 104 cm³/mol. The molecule has 23 heavy (non-hydrogen) atoms. The highest BCUT2D eigenvalue weighted by Crippen LogP contribution is 2.36. The van der Waals surface area contributed by atoms with E-state index in [1.165, 1.54) is 65.0 Å². The molecule has 0 aromatic rings. The van der Waals surface area contributed by atoms with E-state index in [1.807, 2.05) is 0 Å². The third-order valence-corrected chi connectivity index (χ3v) is 6.03. The lowest BCUT2D eigenvalue weighted by Gasteiger charge is -2.46. The summed E-state index contributed by atoms with van der Waals surface area (Å²) in [5.74, 6) is 2.74. The number of hydrogen-bond donors (Lipinski definition) is 0. The lowest BCUT2D eigenvalue weighted by molar-refractivity contribution is 0.0251. The Hall–Kier alpha value is -0.0800. The van der Waals surface area contributed by atoms with Gasteiger partial charge in [-0.3, -0.25) is 0 Å². The molecule has 0 spiro atoms. The maximum atomic E-state index is 2.76. The van der Waals surface area contributed by atoms with E-state index in [0.29, 0.717) is 5.41 Å². The lowest BCUT2D eigenvalue weighted by Crippen LogP contribution is -2.50. The van der Waals surface area contributed by atoms with Gasteiger partial charge in [0.1, 0.15) is 0 Å². The molecule has 0 aromatic carbocycles. The Kier molecular flexibility index (Phi) is 9.15. The third kappa shape index (κ3) is 6.74. The quantitative estimate of drug-likeness (QED) is 0.706. The first kappa shape index (κ1) is 21.0. The number of nitrogens with zero attached hydrogens (tertiary/aromatic N) is 2. The van der Waals surface area contributed by atoms with Crippen LogP contribution in [-0.2, 0) is 0 Å². The van der Waals surface area contributed by atoms with Gasteiger partial charge in [-0.05, 0) is 68.6 Å². The second-order valence-corrected chi connectivity index (χ2v) is 8.93. The molecule has 0 radical (unpaired) electrons. The zero-order valence-electron chi connectivity index (χ0n) is 17.2. The van der Waals surface area contributed by atoms with Crippen LogP contribution in [0.2, 0.25) is 0 Å². The molecule has 0 aliphatic carbocycles. The standard InChI is InChI=1S/C18H36N2.C3H8/c1-6-19-12-9-17(18(4,5)14-19)13-20-10-7-16(8-11-20)15(2)3;1-3-2/h15-17H,6-14H2,1-5H3;3H2,1-2H3. The van der Waals surface area contributed by atoms with Crippen LogP contribution in [-0.4, -0.2) is 49.1 Å². The molecule has 2 fully saturated rings. The van der Waals surface area contributed by atoms with Crippen molar-refractivity contribution >= 4 is 0 Å². The molecule has 2 nitrogen and oxygen atoms in total. The number of likely N-dealkylation sites (tertiary alicyclic amines) is 2. The Labute approximate surface area is 147 Å². The van der Waals surface area contributed by atoms with Gasteiger partial charge in [-0.2, -0.15) is 0 Å². The molecule has 0 bridgehead atoms. The molecule has 2 heterocycles. The Balaban J connectivity index is 0.000000816. The Morgan fingerprint density at radius 2 is 1.43 bits per heavy atom. The first-order chi connectivity index (χ1) is 10.8. The van der Waals surface area contributed by atoms with Crippen LogP contribution in [0.25, 0.3) is 0 Å². The minimum Gasteiger partial charge on any atom is -0.303 e. The van der Waals surface area contributed by atoms with Crippen LogP contribution >= 0.6 is 0 Å². The molecule has 0 N–H and O–H groups in total. The van der Waals surface area contributed by atoms with E-state index in [1.54, 1.807) is 0 Å². The van der Waals surface area contributed by atoms with Crippen molar-refractivity contribution in [2.45, 2.75) is 74.1 Å². The van der Waals surface area contributed by atoms with E-state index in [9.17, 15) is 0 Å². The van der Waals surface area contributed by atoms with Crippen molar-refractivity contribution in [1.29, 1.82) is 0 Å². The van der Waals surface area contributed by atoms with Crippen LogP contribution in [0.1, 0.15) is 74.1 Å². The fourth-order valence-electron chi connectivity index (χ4n) is 4.24. The maximum absolute atomic E-state index is 2.76. The molecular weight excluding hydrogens is 280 g/mol. The van der Waals surface area contributed by atoms with Gasteiger partial charge in [0.2, 0.25) is 0 Å². The fourth-order valence-corrected chi connectivity index (χ4v) is 4.24. The molecular formula is C21H44N2. The van der Waals surface area contributed by atoms with Crippen LogP contribution in [0.5, 0.6) is 0 Å². The molecule has 1 atom stereocenters. The predicted octanol–water partition coefficient (Wildman–Crippen LogP) is 5.14. The first-order valence-corrected chi connectivity index (χ1v) is 10.3. The van der Waals surface area contributed by atoms with Crippen LogP contribution in [0, 0.1) is 23.2 Å². The van der Waals surface area contributed by atoms with E-state index < -0.39 is 0 Å². The smallest absolute Gasteiger partial charge is 0.00357 e. The summed E-state index contributed by atoms with van der Waals surface area (Å²) < 4.78 is 0. The van der Waals surface area contributed by atoms with E-state index in [-0.39, 0.29) is 0 Å². The summed E-state index contributed by atoms with van der Waals surface area (Å²) in [6, 6.07) is 0. The van der Waals surface area contributed by atoms with Gasteiger partial charge in [-0.15, -0.1) is 0 Å². The highest BCUT2D eigenvalue weighted by atomic mass is 15.2. The van der Waals surface area contributed by atoms with Crippen molar-refractivity contribution in [1.82, 2.24) is 9.80 Å². The molecule has 2 aliphatic rings. The number of hydrogen-bond acceptors (Lipinski definition) is 2. The summed E-state index contributed by atoms with van der Waals surface area (Å²) in [7, 11) is 0. The van der Waals surface area contributed by atoms with Crippen molar-refractivity contribution in [3.63, 3.8) is 0 Å². The molecule has 138 valence electrons. The minimum absolute atomic E-state index is 0.489. The Morgan fingerprint density at radius 1 is 0.913 bits per heavy atom. The van der Waals surface area contributed by atoms with Crippen molar-refractivity contribution in [2.75, 3.05) is 39.3 Å². The van der Waals surface area contributed by atoms with Gasteiger partial charge in [-0.25, -0.2) is 0 Å². The van der Waals surface area contributed by atoms with Crippen LogP contribution in [0.15, 0.2) is 0 Å². The van der Waals surface area contributed by atoms with Gasteiger partial charge >= 0.3 is 0 Å². The lowest BCUT2D eigenvalue weighted by atomic mass is 9.73. The maximum Gasteiger partial charge on any atom is 0.00357 e. The summed E-state index contributed by atoms with van der Waals surface area (Å²) in [5, 5.41) is 0. The Morgan fingerprint density at radius 3 is 1.87 bits per heavy atom. The number of piperidine rings is 2. The van der Waals surface area contributed by atoms with Gasteiger partial charge < -0.3 is 9.80 Å². The van der Waals surface area contributed by atoms with Crippen LogP contribution in [0.3, 0.4) is 0 Å². The van der Waals surface area contributed by atoms with Crippen LogP contribution in [0.4, 0.5) is 0 Å². The van der Waals surface area contributed by atoms with Crippen molar-refractivity contribution in [2.24, 2.45) is 23.2 Å². The highest BCUT2D eigenvalue weighted by molar-refractivity contribution is 4.89. The van der Waals surface area contributed by atoms with Gasteiger partial charge in [0.05, 0.1) is 0 Å². The summed E-state index contributed by atoms with van der Waals surface area (Å²) in [6.45, 7) is 24.1. The van der Waals surface area contributed by atoms with Gasteiger partial charge in [0.25, 0.3) is 0 Å². The SMILES string of the molecule is CCC.CCN1CCC(CN2CCC(C(C)C)CC2)C(C)(C)C1. The van der Waals surface area contributed by atoms with Gasteiger partial charge in [0, 0.05) is 13.1 Å². The van der Waals surface area contributed by atoms with Crippen LogP contribution < -0.4 is 0 Å². The zero-order valence-corrected chi connectivity index (χ0v) is 17.2. The van der Waals surface area contributed by atoms with E-state index in [0.717, 1.165) is 17.8 Å². The molecule has 0 saturated carbocycles. The van der Waals surface area contributed by atoms with Crippen molar-refractivity contribution in [3.8, 4) is 0 Å². The minimum atomic E-state index is 0.489. The molecule has 2 rings (SSSR count). The second-order valence-electron chi connectivity index (χ2n) is 8.93. The molecule has 0 amide bonds. The second kappa shape index (κ2) is 10.0. The van der Waals surface area contributed by atoms with E-state index in [2.05, 4.69) is 58.3 Å². The highest BCUT2D eigenvalue weighted by Gasteiger charge is 2.36. The summed E-state index contributed by atoms with van der Waals surface area (Å²) in [5.41, 5.74) is 0.489. The summed E-state index contributed by atoms with van der Waals surface area (Å²) in [6.07, 6.45) is 5.49. The fraction of sp³-hybridized carbons (Fsp3) is 1.00. The third-order valence-electron chi connectivity index (χ3n) is 6.03. The number of rotatable bonds is 4. The summed E-state index contributed by atoms with van der Waals surface area (Å²) in [4.78, 5) is 5.38. The van der Waals surface area contributed by atoms with Crippen molar-refractivity contribution < 1.29 is 0 Å². The summed E-state index contributed by atoms with van der Waals surface area (Å²) >= 11 is 0. The average Bonchev–Trinajstić information content (AvgIpc) is 2.50. The molecule has 2 heteroatoms. The normalized spacial score (nSPS) is 26.9.